The van der Waals surface area contributed by atoms with E-state index >= 15 is 0 Å². The van der Waals surface area contributed by atoms with Gasteiger partial charge in [0.25, 0.3) is 0 Å². The summed E-state index contributed by atoms with van der Waals surface area (Å²) in [4.78, 5) is 25.4. The third kappa shape index (κ3) is 4.30. The smallest absolute Gasteiger partial charge is 0.348 e. The molecule has 9 heteroatoms. The molecule has 1 heterocycles. The van der Waals surface area contributed by atoms with E-state index in [1.54, 1.807) is 25.1 Å². The minimum absolute atomic E-state index is 0.106. The highest BCUT2D eigenvalue weighted by Crippen LogP contribution is 2.32. The van der Waals surface area contributed by atoms with Crippen molar-refractivity contribution in [3.8, 4) is 6.07 Å². The summed E-state index contributed by atoms with van der Waals surface area (Å²) in [5.74, 6) is -1.27. The number of thiophene rings is 1. The highest BCUT2D eigenvalue weighted by molar-refractivity contribution is 7.98. The lowest BCUT2D eigenvalue weighted by Crippen LogP contribution is -2.10. The topological polar surface area (TPSA) is 102 Å². The lowest BCUT2D eigenvalue weighted by molar-refractivity contribution is 0.0452. The number of hydrogen-bond donors (Lipinski definition) is 1. The molecule has 0 unspecified atom stereocenters. The number of benzene rings is 1. The predicted octanol–water partition coefficient (Wildman–Crippen LogP) is 4.11. The minimum Gasteiger partial charge on any atom is -0.462 e. The maximum Gasteiger partial charge on any atom is 0.348 e. The Balaban J connectivity index is 2.28. The number of nitrogen functional groups attached to an aromatic ring is 1. The van der Waals surface area contributed by atoms with E-state index in [-0.39, 0.29) is 44.8 Å². The molecule has 0 fully saturated rings. The molecule has 136 valence electrons. The number of ether oxygens (including phenoxy) is 2. The number of nitrogens with zero attached hydrogens (tertiary/aromatic N) is 1. The van der Waals surface area contributed by atoms with Crippen LogP contribution in [0.2, 0.25) is 5.02 Å². The van der Waals surface area contributed by atoms with E-state index in [0.717, 1.165) is 16.2 Å². The van der Waals surface area contributed by atoms with Gasteiger partial charge < -0.3 is 15.2 Å². The van der Waals surface area contributed by atoms with E-state index in [2.05, 4.69) is 0 Å². The monoisotopic (exact) mass is 410 g/mol. The van der Waals surface area contributed by atoms with Crippen molar-refractivity contribution < 1.29 is 19.1 Å². The van der Waals surface area contributed by atoms with Gasteiger partial charge in [0.05, 0.1) is 22.8 Å². The maximum atomic E-state index is 12.4. The zero-order valence-corrected chi connectivity index (χ0v) is 16.4. The Kier molecular flexibility index (Phi) is 6.91. The molecule has 6 nitrogen and oxygen atoms in total. The van der Waals surface area contributed by atoms with Gasteiger partial charge in [-0.25, -0.2) is 9.59 Å². The first-order valence-electron chi connectivity index (χ1n) is 7.41. The second kappa shape index (κ2) is 8.94. The third-order valence-electron chi connectivity index (χ3n) is 3.35. The summed E-state index contributed by atoms with van der Waals surface area (Å²) >= 11 is 8.45. The lowest BCUT2D eigenvalue weighted by atomic mass is 10.1. The quantitative estimate of drug-likeness (QED) is 0.564. The molecule has 2 aromatic rings. The molecule has 0 amide bonds. The number of carbonyl (C=O) groups is 2. The van der Waals surface area contributed by atoms with Crippen molar-refractivity contribution >= 4 is 51.6 Å². The normalized spacial score (nSPS) is 10.2. The second-order valence-electron chi connectivity index (χ2n) is 4.90. The van der Waals surface area contributed by atoms with Crippen LogP contribution >= 0.6 is 34.7 Å². The van der Waals surface area contributed by atoms with Gasteiger partial charge >= 0.3 is 11.9 Å². The lowest BCUT2D eigenvalue weighted by Gasteiger charge is -2.08. The van der Waals surface area contributed by atoms with Crippen molar-refractivity contribution in [3.05, 3.63) is 44.8 Å². The van der Waals surface area contributed by atoms with Crippen LogP contribution < -0.4 is 5.73 Å². The average Bonchev–Trinajstić information content (AvgIpc) is 2.95. The molecule has 0 aliphatic rings. The van der Waals surface area contributed by atoms with E-state index in [0.29, 0.717) is 0 Å². The van der Waals surface area contributed by atoms with E-state index in [9.17, 15) is 14.9 Å². The van der Waals surface area contributed by atoms with Crippen LogP contribution in [0.15, 0.2) is 23.1 Å². The third-order valence-corrected chi connectivity index (χ3v) is 5.44. The van der Waals surface area contributed by atoms with E-state index in [1.165, 1.54) is 11.8 Å². The molecule has 0 atom stereocenters. The molecule has 0 aliphatic carbocycles. The van der Waals surface area contributed by atoms with Crippen LogP contribution in [0.1, 0.15) is 38.1 Å². The van der Waals surface area contributed by atoms with Crippen LogP contribution in [0.3, 0.4) is 0 Å². The largest absolute Gasteiger partial charge is 0.462 e. The molecule has 1 aromatic heterocycles. The first-order chi connectivity index (χ1) is 12.4. The number of esters is 2. The summed E-state index contributed by atoms with van der Waals surface area (Å²) in [5.41, 5.74) is 6.34. The van der Waals surface area contributed by atoms with Crippen molar-refractivity contribution in [1.29, 1.82) is 5.26 Å². The van der Waals surface area contributed by atoms with Crippen LogP contribution in [-0.4, -0.2) is 24.8 Å². The number of nitriles is 1. The number of thioether (sulfide) groups is 1. The molecule has 0 spiro atoms. The van der Waals surface area contributed by atoms with Crippen molar-refractivity contribution in [3.63, 3.8) is 0 Å². The van der Waals surface area contributed by atoms with E-state index in [1.807, 2.05) is 12.3 Å². The molecule has 26 heavy (non-hydrogen) atoms. The SMILES string of the molecule is CCOC(=O)c1sc(N)c(C#N)c1COC(=O)c1cc(SC)ccc1Cl. The van der Waals surface area contributed by atoms with Gasteiger partial charge in [0.1, 0.15) is 22.6 Å². The Bertz CT molecular complexity index is 890. The van der Waals surface area contributed by atoms with E-state index in [4.69, 9.17) is 26.8 Å². The molecule has 0 saturated carbocycles. The minimum atomic E-state index is -0.658. The van der Waals surface area contributed by atoms with Gasteiger partial charge in [-0.3, -0.25) is 0 Å². The fourth-order valence-electron chi connectivity index (χ4n) is 2.11. The van der Waals surface area contributed by atoms with Gasteiger partial charge in [-0.1, -0.05) is 11.6 Å². The summed E-state index contributed by atoms with van der Waals surface area (Å²) in [7, 11) is 0. The molecule has 2 rings (SSSR count). The molecule has 0 saturated heterocycles. The zero-order valence-electron chi connectivity index (χ0n) is 14.0. The Morgan fingerprint density at radius 1 is 1.35 bits per heavy atom. The van der Waals surface area contributed by atoms with Crippen molar-refractivity contribution in [2.45, 2.75) is 18.4 Å². The summed E-state index contributed by atoms with van der Waals surface area (Å²) in [6.45, 7) is 1.55. The van der Waals surface area contributed by atoms with Crippen LogP contribution in [0.25, 0.3) is 0 Å². The summed E-state index contributed by atoms with van der Waals surface area (Å²) in [6, 6.07) is 6.95. The fourth-order valence-corrected chi connectivity index (χ4v) is 3.66. The highest BCUT2D eigenvalue weighted by Gasteiger charge is 2.24. The van der Waals surface area contributed by atoms with Gasteiger partial charge in [0.15, 0.2) is 0 Å². The number of hydrogen-bond acceptors (Lipinski definition) is 8. The molecular weight excluding hydrogens is 396 g/mol. The van der Waals surface area contributed by atoms with Crippen LogP contribution in [-0.2, 0) is 16.1 Å². The van der Waals surface area contributed by atoms with Crippen molar-refractivity contribution in [2.75, 3.05) is 18.6 Å². The maximum absolute atomic E-state index is 12.4. The average molecular weight is 411 g/mol. The van der Waals surface area contributed by atoms with Crippen LogP contribution in [0.5, 0.6) is 0 Å². The predicted molar refractivity (Wildman–Crippen MR) is 102 cm³/mol. The molecule has 1 aromatic carbocycles. The zero-order chi connectivity index (χ0) is 19.3. The summed E-state index contributed by atoms with van der Waals surface area (Å²) in [6.07, 6.45) is 1.87. The Labute approximate surface area is 163 Å². The van der Waals surface area contributed by atoms with Gasteiger partial charge in [0, 0.05) is 10.5 Å². The molecule has 2 N–H and O–H groups in total. The fraction of sp³-hybridized carbons (Fsp3) is 0.235. The van der Waals surface area contributed by atoms with Crippen LogP contribution in [0.4, 0.5) is 5.00 Å². The number of anilines is 1. The highest BCUT2D eigenvalue weighted by atomic mass is 35.5. The van der Waals surface area contributed by atoms with Crippen molar-refractivity contribution in [1.82, 2.24) is 0 Å². The summed E-state index contributed by atoms with van der Waals surface area (Å²) in [5, 5.41) is 9.70. The molecule has 0 radical (unpaired) electrons. The van der Waals surface area contributed by atoms with Gasteiger partial charge in [-0.2, -0.15) is 5.26 Å². The standard InChI is InChI=1S/C17H15ClN2O4S2/c1-3-23-17(22)14-12(11(7-19)15(20)26-14)8-24-16(21)10-6-9(25-2)4-5-13(10)18/h4-6H,3,8,20H2,1-2H3. The Morgan fingerprint density at radius 3 is 2.69 bits per heavy atom. The van der Waals surface area contributed by atoms with Gasteiger partial charge in [-0.15, -0.1) is 23.1 Å². The second-order valence-corrected chi connectivity index (χ2v) is 7.24. The first kappa shape index (κ1) is 20.1. The Hall–Kier alpha value is -2.21. The molecule has 0 bridgehead atoms. The van der Waals surface area contributed by atoms with Crippen molar-refractivity contribution in [2.24, 2.45) is 0 Å². The number of rotatable bonds is 6. The Morgan fingerprint density at radius 2 is 2.08 bits per heavy atom. The van der Waals surface area contributed by atoms with E-state index < -0.39 is 11.9 Å². The van der Waals surface area contributed by atoms with Crippen LogP contribution in [0, 0.1) is 11.3 Å². The van der Waals surface area contributed by atoms with Gasteiger partial charge in [0.2, 0.25) is 0 Å². The van der Waals surface area contributed by atoms with Gasteiger partial charge in [-0.05, 0) is 31.4 Å². The molecular formula is C17H15ClN2O4S2. The molecule has 0 aliphatic heterocycles. The summed E-state index contributed by atoms with van der Waals surface area (Å²) < 4.78 is 10.2. The first-order valence-corrected chi connectivity index (χ1v) is 9.83. The number of halogens is 1. The number of carbonyl (C=O) groups excluding carboxylic acids is 2. The number of nitrogens with two attached hydrogens (primary N) is 1.